The summed E-state index contributed by atoms with van der Waals surface area (Å²) in [4.78, 5) is 15.4. The summed E-state index contributed by atoms with van der Waals surface area (Å²) in [6, 6.07) is 18.2. The lowest BCUT2D eigenvalue weighted by atomic mass is 9.97. The zero-order valence-electron chi connectivity index (χ0n) is 19.3. The molecule has 0 saturated carbocycles. The van der Waals surface area contributed by atoms with Gasteiger partial charge in [0.25, 0.3) is 0 Å². The minimum Gasteiger partial charge on any atom is -0.354 e. The summed E-state index contributed by atoms with van der Waals surface area (Å²) in [7, 11) is -3.63. The van der Waals surface area contributed by atoms with Crippen molar-refractivity contribution in [1.29, 1.82) is 5.26 Å². The maximum Gasteiger partial charge on any atom is 0.243 e. The molecule has 8 heteroatoms. The lowest BCUT2D eigenvalue weighted by Crippen LogP contribution is -2.45. The third-order valence-corrected chi connectivity index (χ3v) is 8.27. The molecule has 0 aromatic heterocycles. The molecule has 1 atom stereocenters. The Labute approximate surface area is 197 Å². The number of piperidine rings is 1. The van der Waals surface area contributed by atoms with Crippen LogP contribution in [0.5, 0.6) is 0 Å². The molecule has 2 aromatic rings. The summed E-state index contributed by atoms with van der Waals surface area (Å²) in [5.74, 6) is -0.218. The molecule has 3 rings (SSSR count). The van der Waals surface area contributed by atoms with Crippen LogP contribution in [0, 0.1) is 17.2 Å². The van der Waals surface area contributed by atoms with E-state index in [1.807, 2.05) is 24.3 Å². The highest BCUT2D eigenvalue weighted by molar-refractivity contribution is 7.89. The maximum absolute atomic E-state index is 12.9. The fraction of sp³-hybridized carbons (Fsp3) is 0.440. The number of likely N-dealkylation sites (N-methyl/N-ethyl adjacent to an activating group) is 1. The Bertz CT molecular complexity index is 1050. The standard InChI is InChI=1S/C25H32N4O3S/c1-3-28(4-2)24(21-8-6-5-7-9-21)19-27-25(30)22-14-16-29(17-15-22)33(31,32)23-12-10-20(18-26)11-13-23/h5-13,22,24H,3-4,14-17,19H2,1-2H3,(H,27,30). The number of rotatable bonds is 9. The number of nitrogens with zero attached hydrogens (tertiary/aromatic N) is 3. The predicted molar refractivity (Wildman–Crippen MR) is 128 cm³/mol. The molecule has 0 bridgehead atoms. The van der Waals surface area contributed by atoms with Crippen LogP contribution in [0.15, 0.2) is 59.5 Å². The zero-order chi connectivity index (χ0) is 23.8. The van der Waals surface area contributed by atoms with Crippen LogP contribution in [0.3, 0.4) is 0 Å². The Morgan fingerprint density at radius 3 is 2.24 bits per heavy atom. The van der Waals surface area contributed by atoms with Gasteiger partial charge in [0.2, 0.25) is 15.9 Å². The summed E-state index contributed by atoms with van der Waals surface area (Å²) >= 11 is 0. The van der Waals surface area contributed by atoms with Crippen molar-refractivity contribution in [2.24, 2.45) is 5.92 Å². The molecule has 1 amide bonds. The number of nitriles is 1. The summed E-state index contributed by atoms with van der Waals surface area (Å²) in [5, 5.41) is 12.0. The minimum absolute atomic E-state index is 0.0153. The number of hydrogen-bond acceptors (Lipinski definition) is 5. The highest BCUT2D eigenvalue weighted by Gasteiger charge is 2.32. The average molecular weight is 469 g/mol. The second-order valence-electron chi connectivity index (χ2n) is 8.21. The third kappa shape index (κ3) is 5.99. The average Bonchev–Trinajstić information content (AvgIpc) is 2.87. The van der Waals surface area contributed by atoms with Crippen LogP contribution in [-0.4, -0.2) is 56.3 Å². The van der Waals surface area contributed by atoms with E-state index < -0.39 is 10.0 Å². The van der Waals surface area contributed by atoms with E-state index >= 15 is 0 Å². The molecule has 1 fully saturated rings. The molecule has 0 aliphatic carbocycles. The number of nitrogens with one attached hydrogen (secondary N) is 1. The summed E-state index contributed by atoms with van der Waals surface area (Å²) < 4.78 is 27.3. The van der Waals surface area contributed by atoms with Gasteiger partial charge in [0, 0.05) is 25.6 Å². The van der Waals surface area contributed by atoms with Gasteiger partial charge in [-0.15, -0.1) is 0 Å². The molecule has 0 radical (unpaired) electrons. The van der Waals surface area contributed by atoms with Crippen LogP contribution in [0.25, 0.3) is 0 Å². The van der Waals surface area contributed by atoms with Gasteiger partial charge in [0.05, 0.1) is 22.6 Å². The molecule has 176 valence electrons. The highest BCUT2D eigenvalue weighted by Crippen LogP contribution is 2.25. The summed E-state index contributed by atoms with van der Waals surface area (Å²) in [6.45, 7) is 7.14. The number of benzene rings is 2. The predicted octanol–water partition coefficient (Wildman–Crippen LogP) is 3.16. The van der Waals surface area contributed by atoms with Gasteiger partial charge in [-0.05, 0) is 55.8 Å². The normalized spacial score (nSPS) is 16.3. The zero-order valence-corrected chi connectivity index (χ0v) is 20.1. The van der Waals surface area contributed by atoms with Gasteiger partial charge in [-0.1, -0.05) is 44.2 Å². The molecule has 1 unspecified atom stereocenters. The van der Waals surface area contributed by atoms with Crippen molar-refractivity contribution >= 4 is 15.9 Å². The van der Waals surface area contributed by atoms with Crippen molar-refractivity contribution in [2.45, 2.75) is 37.6 Å². The van der Waals surface area contributed by atoms with Crippen LogP contribution in [0.2, 0.25) is 0 Å². The topological polar surface area (TPSA) is 93.5 Å². The SMILES string of the molecule is CCN(CC)C(CNC(=O)C1CCN(S(=O)(=O)c2ccc(C#N)cc2)CC1)c1ccccc1. The van der Waals surface area contributed by atoms with Gasteiger partial charge >= 0.3 is 0 Å². The Hall–Kier alpha value is -2.73. The minimum atomic E-state index is -3.63. The molecule has 33 heavy (non-hydrogen) atoms. The Morgan fingerprint density at radius 1 is 1.09 bits per heavy atom. The van der Waals surface area contributed by atoms with Gasteiger partial charge in [0.15, 0.2) is 0 Å². The number of sulfonamides is 1. The first-order valence-electron chi connectivity index (χ1n) is 11.5. The van der Waals surface area contributed by atoms with Gasteiger partial charge in [-0.25, -0.2) is 8.42 Å². The molecule has 7 nitrogen and oxygen atoms in total. The van der Waals surface area contributed by atoms with E-state index in [1.54, 1.807) is 0 Å². The van der Waals surface area contributed by atoms with E-state index in [0.717, 1.165) is 13.1 Å². The van der Waals surface area contributed by atoms with Crippen LogP contribution in [0.4, 0.5) is 0 Å². The van der Waals surface area contributed by atoms with Crippen molar-refractivity contribution in [3.8, 4) is 6.07 Å². The smallest absolute Gasteiger partial charge is 0.243 e. The molecule has 1 heterocycles. The van der Waals surface area contributed by atoms with Crippen molar-refractivity contribution in [3.05, 3.63) is 65.7 Å². The first kappa shape index (κ1) is 24.9. The van der Waals surface area contributed by atoms with Crippen LogP contribution in [-0.2, 0) is 14.8 Å². The molecular formula is C25H32N4O3S. The van der Waals surface area contributed by atoms with E-state index in [2.05, 4.69) is 36.2 Å². The van der Waals surface area contributed by atoms with Crippen molar-refractivity contribution < 1.29 is 13.2 Å². The molecule has 0 spiro atoms. The number of carbonyl (C=O) groups excluding carboxylic acids is 1. The van der Waals surface area contributed by atoms with Gasteiger partial charge in [-0.2, -0.15) is 9.57 Å². The Kier molecular flexibility index (Phi) is 8.61. The summed E-state index contributed by atoms with van der Waals surface area (Å²) in [5.41, 5.74) is 1.59. The second kappa shape index (κ2) is 11.4. The Balaban J connectivity index is 1.58. The van der Waals surface area contributed by atoms with E-state index in [1.165, 1.54) is 34.1 Å². The molecule has 1 saturated heterocycles. The number of hydrogen-bond donors (Lipinski definition) is 1. The van der Waals surface area contributed by atoms with Crippen molar-refractivity contribution in [1.82, 2.24) is 14.5 Å². The van der Waals surface area contributed by atoms with E-state index in [9.17, 15) is 13.2 Å². The van der Waals surface area contributed by atoms with Crippen molar-refractivity contribution in [2.75, 3.05) is 32.7 Å². The van der Waals surface area contributed by atoms with Crippen LogP contribution < -0.4 is 5.32 Å². The van der Waals surface area contributed by atoms with E-state index in [0.29, 0.717) is 38.0 Å². The first-order chi connectivity index (χ1) is 15.9. The lowest BCUT2D eigenvalue weighted by molar-refractivity contribution is -0.126. The first-order valence-corrected chi connectivity index (χ1v) is 12.9. The number of amides is 1. The largest absolute Gasteiger partial charge is 0.354 e. The summed E-state index contributed by atoms with van der Waals surface area (Å²) in [6.07, 6.45) is 0.977. The monoisotopic (exact) mass is 468 g/mol. The molecular weight excluding hydrogens is 436 g/mol. The lowest BCUT2D eigenvalue weighted by Gasteiger charge is -2.33. The van der Waals surface area contributed by atoms with Gasteiger partial charge in [-0.3, -0.25) is 9.69 Å². The van der Waals surface area contributed by atoms with E-state index in [4.69, 9.17) is 5.26 Å². The van der Waals surface area contributed by atoms with Crippen LogP contribution >= 0.6 is 0 Å². The Morgan fingerprint density at radius 2 is 1.70 bits per heavy atom. The molecule has 1 N–H and O–H groups in total. The van der Waals surface area contributed by atoms with Crippen LogP contribution in [0.1, 0.15) is 43.9 Å². The fourth-order valence-corrected chi connectivity index (χ4v) is 5.82. The van der Waals surface area contributed by atoms with Gasteiger partial charge < -0.3 is 5.32 Å². The highest BCUT2D eigenvalue weighted by atomic mass is 32.2. The number of carbonyl (C=O) groups is 1. The fourth-order valence-electron chi connectivity index (χ4n) is 4.35. The van der Waals surface area contributed by atoms with Crippen molar-refractivity contribution in [3.63, 3.8) is 0 Å². The maximum atomic E-state index is 12.9. The third-order valence-electron chi connectivity index (χ3n) is 6.35. The van der Waals surface area contributed by atoms with E-state index in [-0.39, 0.29) is 22.8 Å². The molecule has 1 aliphatic heterocycles. The quantitative estimate of drug-likeness (QED) is 0.610. The second-order valence-corrected chi connectivity index (χ2v) is 10.1. The molecule has 1 aliphatic rings. The van der Waals surface area contributed by atoms with Gasteiger partial charge in [0.1, 0.15) is 0 Å². The molecule has 2 aromatic carbocycles.